The Hall–Kier alpha value is -3.29. The van der Waals surface area contributed by atoms with E-state index in [2.05, 4.69) is 0 Å². The van der Waals surface area contributed by atoms with Gasteiger partial charge in [0, 0.05) is 10.9 Å². The molecule has 0 bridgehead atoms. The molecule has 4 aromatic rings. The molecule has 1 saturated carbocycles. The normalized spacial score (nSPS) is 24.3. The topological polar surface area (TPSA) is 47.9 Å². The van der Waals surface area contributed by atoms with Crippen LogP contribution in [0.4, 0.5) is 8.78 Å². The minimum absolute atomic E-state index is 0.0330. The Morgan fingerprint density at radius 1 is 0.778 bits per heavy atom. The molecule has 238 valence electrons. The molecule has 4 aromatic carbocycles. The van der Waals surface area contributed by atoms with Crippen molar-refractivity contribution in [3.05, 3.63) is 136 Å². The van der Waals surface area contributed by atoms with Gasteiger partial charge in [-0.15, -0.1) is 0 Å². The second-order valence-corrected chi connectivity index (χ2v) is 12.2. The number of alkyl halides is 2. The van der Waals surface area contributed by atoms with Crippen LogP contribution >= 0.6 is 11.6 Å². The van der Waals surface area contributed by atoms with Crippen LogP contribution in [-0.4, -0.2) is 29.8 Å². The lowest BCUT2D eigenvalue weighted by Gasteiger charge is -2.54. The number of rotatable bonds is 12. The van der Waals surface area contributed by atoms with Crippen LogP contribution in [0.25, 0.3) is 0 Å². The first-order chi connectivity index (χ1) is 21.7. The van der Waals surface area contributed by atoms with Gasteiger partial charge in [-0.2, -0.15) is 0 Å². The Labute approximate surface area is 269 Å². The van der Waals surface area contributed by atoms with Crippen molar-refractivity contribution in [1.29, 1.82) is 0 Å². The molecule has 1 N–H and O–H groups in total. The van der Waals surface area contributed by atoms with Gasteiger partial charge in [-0.1, -0.05) is 110 Å². The van der Waals surface area contributed by atoms with Crippen molar-refractivity contribution in [2.75, 3.05) is 6.61 Å². The third-order valence-electron chi connectivity index (χ3n) is 8.95. The van der Waals surface area contributed by atoms with Gasteiger partial charge in [-0.05, 0) is 71.7 Å². The van der Waals surface area contributed by atoms with E-state index >= 15 is 8.78 Å². The molecule has 1 aliphatic rings. The monoisotopic (exact) mass is 634 g/mol. The quantitative estimate of drug-likeness (QED) is 0.169. The number of hydrogen-bond acceptors (Lipinski definition) is 4. The van der Waals surface area contributed by atoms with E-state index in [1.165, 1.54) is 6.07 Å². The summed E-state index contributed by atoms with van der Waals surface area (Å²) in [4.78, 5) is 0. The smallest absolute Gasteiger partial charge is 0.286 e. The lowest BCUT2D eigenvalue weighted by molar-refractivity contribution is -0.331. The largest absolute Gasteiger partial charge is 0.494 e. The molecule has 5 rings (SSSR count). The maximum Gasteiger partial charge on any atom is 0.286 e. The van der Waals surface area contributed by atoms with E-state index in [0.717, 1.165) is 22.4 Å². The van der Waals surface area contributed by atoms with Crippen LogP contribution in [0, 0.1) is 11.8 Å². The molecule has 1 fully saturated rings. The van der Waals surface area contributed by atoms with Crippen LogP contribution in [0.1, 0.15) is 55.0 Å². The molecular weight excluding hydrogens is 594 g/mol. The minimum atomic E-state index is -3.54. The minimum Gasteiger partial charge on any atom is -0.494 e. The lowest BCUT2D eigenvalue weighted by atomic mass is 9.62. The van der Waals surface area contributed by atoms with Gasteiger partial charge in [0.1, 0.15) is 11.9 Å². The standard InChI is InChI=1S/C38H41ClF2O4/c1-4-33-26(3)35(44-24-28-12-8-6-9-13-28)36(45-25-29-14-10-7-11-15-29)37(42,38(33,40)41)31-18-21-34(39)30(23-31)22-27-16-19-32(20-17-27)43-5-2/h6-21,23,26,33,35-36,42H,4-5,22,24-25H2,1-3H3/t26-,33-,35+,36-,37+/m1/s1. The maximum atomic E-state index is 16.9. The van der Waals surface area contributed by atoms with E-state index in [9.17, 15) is 5.11 Å². The Kier molecular flexibility index (Phi) is 10.6. The van der Waals surface area contributed by atoms with Crippen LogP contribution in [0.5, 0.6) is 5.75 Å². The number of aliphatic hydroxyl groups is 1. The molecule has 0 radical (unpaired) electrons. The average molecular weight is 635 g/mol. The molecule has 4 nitrogen and oxygen atoms in total. The lowest BCUT2D eigenvalue weighted by Crippen LogP contribution is -2.69. The molecule has 0 unspecified atom stereocenters. The fourth-order valence-corrected chi connectivity index (χ4v) is 6.73. The molecule has 5 atom stereocenters. The number of hydrogen-bond donors (Lipinski definition) is 1. The van der Waals surface area contributed by atoms with Crippen molar-refractivity contribution >= 4 is 11.6 Å². The van der Waals surface area contributed by atoms with Crippen LogP contribution in [0.3, 0.4) is 0 Å². The molecular formula is C38H41ClF2O4. The Bertz CT molecular complexity index is 1520. The first-order valence-electron chi connectivity index (χ1n) is 15.6. The van der Waals surface area contributed by atoms with E-state index in [-0.39, 0.29) is 25.2 Å². The highest BCUT2D eigenvalue weighted by molar-refractivity contribution is 6.31. The van der Waals surface area contributed by atoms with E-state index in [1.54, 1.807) is 26.0 Å². The van der Waals surface area contributed by atoms with Gasteiger partial charge in [0.25, 0.3) is 5.92 Å². The second kappa shape index (κ2) is 14.4. The van der Waals surface area contributed by atoms with E-state index in [0.29, 0.717) is 23.6 Å². The molecule has 0 saturated heterocycles. The molecule has 0 heterocycles. The van der Waals surface area contributed by atoms with E-state index < -0.39 is 35.6 Å². The summed E-state index contributed by atoms with van der Waals surface area (Å²) in [6.07, 6.45) is -1.67. The van der Waals surface area contributed by atoms with Gasteiger partial charge >= 0.3 is 0 Å². The number of benzene rings is 4. The molecule has 0 spiro atoms. The van der Waals surface area contributed by atoms with Crippen LogP contribution in [0.15, 0.2) is 103 Å². The van der Waals surface area contributed by atoms with Crippen molar-refractivity contribution in [1.82, 2.24) is 0 Å². The van der Waals surface area contributed by atoms with Gasteiger partial charge in [-0.3, -0.25) is 0 Å². The van der Waals surface area contributed by atoms with Crippen molar-refractivity contribution < 1.29 is 28.1 Å². The first-order valence-corrected chi connectivity index (χ1v) is 16.0. The maximum absolute atomic E-state index is 16.9. The van der Waals surface area contributed by atoms with Gasteiger partial charge in [0.2, 0.25) is 0 Å². The van der Waals surface area contributed by atoms with Crippen molar-refractivity contribution in [3.63, 3.8) is 0 Å². The molecule has 0 amide bonds. The zero-order valence-electron chi connectivity index (χ0n) is 26.0. The van der Waals surface area contributed by atoms with Crippen LogP contribution in [-0.2, 0) is 34.7 Å². The fraction of sp³-hybridized carbons (Fsp3) is 0.368. The Morgan fingerprint density at radius 2 is 1.38 bits per heavy atom. The van der Waals surface area contributed by atoms with E-state index in [4.69, 9.17) is 25.8 Å². The fourth-order valence-electron chi connectivity index (χ4n) is 6.55. The zero-order chi connectivity index (χ0) is 32.0. The molecule has 0 aliphatic heterocycles. The molecule has 45 heavy (non-hydrogen) atoms. The molecule has 0 aromatic heterocycles. The summed E-state index contributed by atoms with van der Waals surface area (Å²) in [5.74, 6) is -4.56. The number of ether oxygens (including phenoxy) is 3. The van der Waals surface area contributed by atoms with Crippen molar-refractivity contribution in [3.8, 4) is 5.75 Å². The highest BCUT2D eigenvalue weighted by Gasteiger charge is 2.70. The van der Waals surface area contributed by atoms with Crippen LogP contribution < -0.4 is 4.74 Å². The summed E-state index contributed by atoms with van der Waals surface area (Å²) in [7, 11) is 0. The van der Waals surface area contributed by atoms with Gasteiger partial charge in [-0.25, -0.2) is 8.78 Å². The summed E-state index contributed by atoms with van der Waals surface area (Å²) in [6, 6.07) is 31.2. The molecule has 1 aliphatic carbocycles. The summed E-state index contributed by atoms with van der Waals surface area (Å²) < 4.78 is 52.2. The summed E-state index contributed by atoms with van der Waals surface area (Å²) >= 11 is 6.64. The third-order valence-corrected chi connectivity index (χ3v) is 9.32. The highest BCUT2D eigenvalue weighted by atomic mass is 35.5. The Morgan fingerprint density at radius 3 is 1.96 bits per heavy atom. The summed E-state index contributed by atoms with van der Waals surface area (Å²) in [6.45, 7) is 6.21. The summed E-state index contributed by atoms with van der Waals surface area (Å²) in [5, 5.41) is 13.0. The van der Waals surface area contributed by atoms with Gasteiger partial charge < -0.3 is 19.3 Å². The third kappa shape index (κ3) is 6.95. The second-order valence-electron chi connectivity index (χ2n) is 11.8. The summed E-state index contributed by atoms with van der Waals surface area (Å²) in [5.41, 5.74) is 0.620. The van der Waals surface area contributed by atoms with Crippen LogP contribution in [0.2, 0.25) is 5.02 Å². The van der Waals surface area contributed by atoms with Gasteiger partial charge in [0.15, 0.2) is 5.60 Å². The number of halogens is 3. The molecule has 7 heteroatoms. The van der Waals surface area contributed by atoms with Crippen molar-refractivity contribution in [2.24, 2.45) is 11.8 Å². The predicted octanol–water partition coefficient (Wildman–Crippen LogP) is 9.00. The van der Waals surface area contributed by atoms with E-state index in [1.807, 2.05) is 91.9 Å². The Balaban J connectivity index is 1.56. The predicted molar refractivity (Wildman–Crippen MR) is 174 cm³/mol. The zero-order valence-corrected chi connectivity index (χ0v) is 26.7. The van der Waals surface area contributed by atoms with Gasteiger partial charge in [0.05, 0.1) is 25.9 Å². The van der Waals surface area contributed by atoms with Crippen molar-refractivity contribution in [2.45, 2.75) is 70.6 Å². The average Bonchev–Trinajstić information content (AvgIpc) is 3.05. The SMILES string of the molecule is CCOc1ccc(Cc2cc([C@]3(O)[C@H](OCc4ccccc4)[C@@H](OCc4ccccc4)[C@H](C)[C@@H](CC)C3(F)F)ccc2Cl)cc1. The highest BCUT2D eigenvalue weighted by Crippen LogP contribution is 2.56. The first kappa shape index (κ1) is 33.1.